The second kappa shape index (κ2) is 10.8. The number of carbonyl (C=O) groups excluding carboxylic acids is 1. The monoisotopic (exact) mass is 505 g/mol. The summed E-state index contributed by atoms with van der Waals surface area (Å²) in [6, 6.07) is 5.79. The van der Waals surface area contributed by atoms with Gasteiger partial charge in [-0.15, -0.1) is 0 Å². The fraction of sp³-hybridized carbons (Fsp3) is 0.480. The van der Waals surface area contributed by atoms with Gasteiger partial charge in [-0.3, -0.25) is 4.79 Å². The number of aromatic nitrogens is 2. The van der Waals surface area contributed by atoms with Crippen LogP contribution in [0.3, 0.4) is 0 Å². The first-order valence-electron chi connectivity index (χ1n) is 11.5. The summed E-state index contributed by atoms with van der Waals surface area (Å²) in [6.45, 7) is 7.71. The standard InChI is InChI=1S/C25H32FN3O5S/c1-15(2)23-21(12-11-19-13-20(33-16(3)4)14-22(30)34-19)24(17-7-9-18(26)10-8-17)28-25(27-23)29(5)35(6,31)32/h7-12,15-16,19-20H,13-14H2,1-6H3/b12-11+. The molecule has 190 valence electrons. The van der Waals surface area contributed by atoms with Crippen molar-refractivity contribution < 1.29 is 27.1 Å². The molecule has 0 saturated carbocycles. The Balaban J connectivity index is 2.11. The molecule has 0 radical (unpaired) electrons. The summed E-state index contributed by atoms with van der Waals surface area (Å²) < 4.78 is 50.3. The predicted molar refractivity (Wildman–Crippen MR) is 133 cm³/mol. The summed E-state index contributed by atoms with van der Waals surface area (Å²) in [4.78, 5) is 21.2. The van der Waals surface area contributed by atoms with E-state index >= 15 is 0 Å². The lowest BCUT2D eigenvalue weighted by Gasteiger charge is -2.28. The fourth-order valence-electron chi connectivity index (χ4n) is 3.80. The maximum atomic E-state index is 13.6. The molecule has 1 aliphatic heterocycles. The van der Waals surface area contributed by atoms with E-state index in [2.05, 4.69) is 9.97 Å². The summed E-state index contributed by atoms with van der Waals surface area (Å²) in [6.07, 6.45) is 4.59. The van der Waals surface area contributed by atoms with E-state index in [1.165, 1.54) is 19.2 Å². The molecule has 0 aliphatic carbocycles. The number of nitrogens with zero attached hydrogens (tertiary/aromatic N) is 3. The number of cyclic esters (lactones) is 1. The van der Waals surface area contributed by atoms with E-state index in [9.17, 15) is 17.6 Å². The van der Waals surface area contributed by atoms with Gasteiger partial charge in [0, 0.05) is 24.6 Å². The smallest absolute Gasteiger partial charge is 0.309 e. The molecule has 0 N–H and O–H groups in total. The minimum atomic E-state index is -3.61. The summed E-state index contributed by atoms with van der Waals surface area (Å²) in [5, 5.41) is 0. The summed E-state index contributed by atoms with van der Waals surface area (Å²) >= 11 is 0. The molecule has 0 bridgehead atoms. The van der Waals surface area contributed by atoms with Crippen LogP contribution >= 0.6 is 0 Å². The molecule has 35 heavy (non-hydrogen) atoms. The van der Waals surface area contributed by atoms with E-state index in [1.807, 2.05) is 27.7 Å². The Bertz CT molecular complexity index is 1200. The zero-order valence-corrected chi connectivity index (χ0v) is 21.7. The van der Waals surface area contributed by atoms with E-state index in [4.69, 9.17) is 9.47 Å². The van der Waals surface area contributed by atoms with Crippen molar-refractivity contribution >= 4 is 28.0 Å². The highest BCUT2D eigenvalue weighted by Gasteiger charge is 2.29. The van der Waals surface area contributed by atoms with E-state index < -0.39 is 21.9 Å². The zero-order chi connectivity index (χ0) is 25.9. The minimum absolute atomic E-state index is 0.0130. The topological polar surface area (TPSA) is 98.7 Å². The number of sulfonamides is 1. The Morgan fingerprint density at radius 2 is 1.83 bits per heavy atom. The quantitative estimate of drug-likeness (QED) is 0.493. The van der Waals surface area contributed by atoms with Crippen LogP contribution in [0.15, 0.2) is 30.3 Å². The average Bonchev–Trinajstić information content (AvgIpc) is 2.75. The van der Waals surface area contributed by atoms with Gasteiger partial charge in [-0.1, -0.05) is 19.9 Å². The largest absolute Gasteiger partial charge is 0.458 e. The number of rotatable bonds is 8. The van der Waals surface area contributed by atoms with Gasteiger partial charge in [0.15, 0.2) is 0 Å². The zero-order valence-electron chi connectivity index (χ0n) is 20.9. The predicted octanol–water partition coefficient (Wildman–Crippen LogP) is 4.31. The molecule has 2 heterocycles. The molecule has 2 atom stereocenters. The van der Waals surface area contributed by atoms with Gasteiger partial charge in [0.25, 0.3) is 0 Å². The van der Waals surface area contributed by atoms with Crippen molar-refractivity contribution in [1.29, 1.82) is 0 Å². The van der Waals surface area contributed by atoms with Crippen LogP contribution in [0.4, 0.5) is 10.3 Å². The highest BCUT2D eigenvalue weighted by molar-refractivity contribution is 7.92. The molecular formula is C25H32FN3O5S. The number of hydrogen-bond acceptors (Lipinski definition) is 7. The molecule has 1 fully saturated rings. The van der Waals surface area contributed by atoms with E-state index in [0.29, 0.717) is 28.9 Å². The second-order valence-electron chi connectivity index (χ2n) is 9.20. The first-order chi connectivity index (χ1) is 16.3. The third-order valence-corrected chi connectivity index (χ3v) is 6.68. The van der Waals surface area contributed by atoms with Gasteiger partial charge in [0.1, 0.15) is 11.9 Å². The molecule has 0 spiro atoms. The summed E-state index contributed by atoms with van der Waals surface area (Å²) in [5.74, 6) is -0.805. The highest BCUT2D eigenvalue weighted by Crippen LogP contribution is 2.32. The average molecular weight is 506 g/mol. The van der Waals surface area contributed by atoms with Crippen molar-refractivity contribution in [1.82, 2.24) is 9.97 Å². The maximum absolute atomic E-state index is 13.6. The highest BCUT2D eigenvalue weighted by atomic mass is 32.2. The third kappa shape index (κ3) is 6.85. The normalized spacial score (nSPS) is 18.9. The van der Waals surface area contributed by atoms with Gasteiger partial charge in [-0.05, 0) is 50.1 Å². The molecule has 1 aromatic carbocycles. The number of hydrogen-bond donors (Lipinski definition) is 0. The summed E-state index contributed by atoms with van der Waals surface area (Å²) in [5.41, 5.74) is 2.29. The molecule has 3 rings (SSSR count). The molecule has 2 aromatic rings. The van der Waals surface area contributed by atoms with E-state index in [-0.39, 0.29) is 36.5 Å². The van der Waals surface area contributed by atoms with Gasteiger partial charge >= 0.3 is 5.97 Å². The molecule has 1 aromatic heterocycles. The van der Waals surface area contributed by atoms with Crippen LogP contribution in [0.5, 0.6) is 0 Å². The SMILES string of the molecule is CC(C)OC1CC(=O)OC(/C=C/c2c(-c3ccc(F)cc3)nc(N(C)S(C)(=O)=O)nc2C(C)C)C1. The minimum Gasteiger partial charge on any atom is -0.458 e. The Labute approximate surface area is 206 Å². The Morgan fingerprint density at radius 3 is 2.40 bits per heavy atom. The van der Waals surface area contributed by atoms with Crippen molar-refractivity contribution in [3.05, 3.63) is 47.4 Å². The Kier molecular flexibility index (Phi) is 8.27. The molecule has 8 nitrogen and oxygen atoms in total. The molecule has 1 saturated heterocycles. The van der Waals surface area contributed by atoms with E-state index in [0.717, 1.165) is 10.6 Å². The number of halogens is 1. The number of benzene rings is 1. The van der Waals surface area contributed by atoms with Crippen LogP contribution in [-0.2, 0) is 24.3 Å². The number of anilines is 1. The Hall–Kier alpha value is -2.85. The van der Waals surface area contributed by atoms with Crippen molar-refractivity contribution in [2.24, 2.45) is 0 Å². The van der Waals surface area contributed by atoms with Crippen molar-refractivity contribution in [3.63, 3.8) is 0 Å². The molecule has 10 heteroatoms. The third-order valence-electron chi connectivity index (χ3n) is 5.52. The van der Waals surface area contributed by atoms with Crippen LogP contribution in [0.25, 0.3) is 17.3 Å². The Morgan fingerprint density at radius 1 is 1.17 bits per heavy atom. The van der Waals surface area contributed by atoms with Gasteiger partial charge in [0.2, 0.25) is 16.0 Å². The fourth-order valence-corrected chi connectivity index (χ4v) is 4.18. The van der Waals surface area contributed by atoms with Crippen molar-refractivity contribution in [2.45, 2.75) is 64.8 Å². The lowest BCUT2D eigenvalue weighted by molar-refractivity contribution is -0.161. The van der Waals surface area contributed by atoms with Gasteiger partial charge in [-0.25, -0.2) is 27.1 Å². The van der Waals surface area contributed by atoms with Gasteiger partial charge in [-0.2, -0.15) is 0 Å². The maximum Gasteiger partial charge on any atom is 0.309 e. The second-order valence-corrected chi connectivity index (χ2v) is 11.2. The lowest BCUT2D eigenvalue weighted by Crippen LogP contribution is -2.34. The van der Waals surface area contributed by atoms with Crippen molar-refractivity contribution in [2.75, 3.05) is 17.6 Å². The van der Waals surface area contributed by atoms with E-state index in [1.54, 1.807) is 24.3 Å². The van der Waals surface area contributed by atoms with Crippen LogP contribution in [0.2, 0.25) is 0 Å². The summed E-state index contributed by atoms with van der Waals surface area (Å²) in [7, 11) is -2.23. The van der Waals surface area contributed by atoms with Crippen LogP contribution in [0, 0.1) is 5.82 Å². The van der Waals surface area contributed by atoms with Gasteiger partial charge in [0.05, 0.1) is 36.3 Å². The molecular weight excluding hydrogens is 473 g/mol. The first kappa shape index (κ1) is 26.7. The lowest BCUT2D eigenvalue weighted by atomic mass is 9.97. The van der Waals surface area contributed by atoms with Gasteiger partial charge < -0.3 is 9.47 Å². The van der Waals surface area contributed by atoms with Crippen molar-refractivity contribution in [3.8, 4) is 11.3 Å². The van der Waals surface area contributed by atoms with Crippen LogP contribution < -0.4 is 4.31 Å². The number of esters is 1. The van der Waals surface area contributed by atoms with Crippen LogP contribution in [0.1, 0.15) is 57.7 Å². The first-order valence-corrected chi connectivity index (χ1v) is 13.3. The van der Waals surface area contributed by atoms with Crippen LogP contribution in [-0.4, -0.2) is 56.0 Å². The number of carbonyl (C=O) groups is 1. The molecule has 0 amide bonds. The number of ether oxygens (including phenoxy) is 2. The molecule has 1 aliphatic rings. The molecule has 2 unspecified atom stereocenters.